The molecule has 1 amide bonds. The van der Waals surface area contributed by atoms with E-state index in [1.807, 2.05) is 0 Å². The average molecular weight is 255 g/mol. The van der Waals surface area contributed by atoms with E-state index in [4.69, 9.17) is 0 Å². The number of nitrogens with one attached hydrogen (secondary N) is 2. The summed E-state index contributed by atoms with van der Waals surface area (Å²) in [5, 5.41) is 6.50. The molecule has 0 radical (unpaired) electrons. The second kappa shape index (κ2) is 7.74. The Morgan fingerprint density at radius 2 is 2.06 bits per heavy atom. The minimum atomic E-state index is 0.00732. The molecule has 1 rings (SSSR count). The van der Waals surface area contributed by atoms with Gasteiger partial charge in [0.15, 0.2) is 0 Å². The zero-order valence-electron chi connectivity index (χ0n) is 12.3. The third-order valence-electron chi connectivity index (χ3n) is 3.75. The molecule has 1 aliphatic heterocycles. The van der Waals surface area contributed by atoms with E-state index in [2.05, 4.69) is 43.2 Å². The number of hydrogen-bond acceptors (Lipinski definition) is 3. The van der Waals surface area contributed by atoms with E-state index in [0.717, 1.165) is 32.5 Å². The fourth-order valence-corrected chi connectivity index (χ4v) is 2.60. The van der Waals surface area contributed by atoms with Crippen molar-refractivity contribution in [2.75, 3.05) is 19.6 Å². The zero-order chi connectivity index (χ0) is 13.5. The fourth-order valence-electron chi connectivity index (χ4n) is 2.60. The molecule has 4 nitrogen and oxygen atoms in total. The van der Waals surface area contributed by atoms with Crippen LogP contribution in [0.4, 0.5) is 0 Å². The van der Waals surface area contributed by atoms with Gasteiger partial charge in [0.05, 0.1) is 6.04 Å². The Bertz CT molecular complexity index is 253. The van der Waals surface area contributed by atoms with Gasteiger partial charge in [0.25, 0.3) is 0 Å². The number of nitrogens with zero attached hydrogens (tertiary/aromatic N) is 1. The summed E-state index contributed by atoms with van der Waals surface area (Å²) in [6.07, 6.45) is 3.30. The number of rotatable bonds is 6. The van der Waals surface area contributed by atoms with Crippen LogP contribution < -0.4 is 10.6 Å². The molecule has 18 heavy (non-hydrogen) atoms. The van der Waals surface area contributed by atoms with E-state index in [1.165, 1.54) is 6.42 Å². The van der Waals surface area contributed by atoms with Crippen LogP contribution in [-0.4, -0.2) is 48.6 Å². The monoisotopic (exact) mass is 255 g/mol. The third-order valence-corrected chi connectivity index (χ3v) is 3.75. The lowest BCUT2D eigenvalue weighted by Gasteiger charge is -2.30. The Kier molecular flexibility index (Phi) is 6.65. The van der Waals surface area contributed by atoms with Crippen molar-refractivity contribution in [2.24, 2.45) is 0 Å². The highest BCUT2D eigenvalue weighted by molar-refractivity contribution is 5.82. The van der Waals surface area contributed by atoms with Gasteiger partial charge in [-0.3, -0.25) is 4.79 Å². The molecule has 1 saturated heterocycles. The quantitative estimate of drug-likeness (QED) is 0.753. The molecule has 1 heterocycles. The highest BCUT2D eigenvalue weighted by Crippen LogP contribution is 2.12. The Balaban J connectivity index is 2.34. The lowest BCUT2D eigenvalue weighted by molar-refractivity contribution is -0.124. The van der Waals surface area contributed by atoms with Crippen LogP contribution in [0.3, 0.4) is 0 Å². The van der Waals surface area contributed by atoms with E-state index in [9.17, 15) is 4.79 Å². The van der Waals surface area contributed by atoms with E-state index in [0.29, 0.717) is 6.04 Å². The average Bonchev–Trinajstić information content (AvgIpc) is 2.35. The van der Waals surface area contributed by atoms with Crippen molar-refractivity contribution in [1.82, 2.24) is 15.5 Å². The molecule has 3 atom stereocenters. The maximum absolute atomic E-state index is 12.1. The Labute approximate surface area is 111 Å². The van der Waals surface area contributed by atoms with E-state index in [1.54, 1.807) is 0 Å². The van der Waals surface area contributed by atoms with Gasteiger partial charge >= 0.3 is 0 Å². The summed E-state index contributed by atoms with van der Waals surface area (Å²) < 4.78 is 0. The number of carbonyl (C=O) groups excluding carboxylic acids is 1. The molecule has 1 aliphatic rings. The molecular formula is C14H29N3O. The first-order chi connectivity index (χ1) is 8.56. The molecule has 4 heteroatoms. The SMILES string of the molecule is CCN(CC)CC(C)NC(=O)C1CCCC(C)N1. The Hall–Kier alpha value is -0.610. The number of hydrogen-bond donors (Lipinski definition) is 2. The lowest BCUT2D eigenvalue weighted by Crippen LogP contribution is -2.53. The Morgan fingerprint density at radius 3 is 2.61 bits per heavy atom. The number of likely N-dealkylation sites (N-methyl/N-ethyl adjacent to an activating group) is 1. The number of amides is 1. The van der Waals surface area contributed by atoms with Crippen LogP contribution in [0.1, 0.15) is 47.0 Å². The first-order valence-electron chi connectivity index (χ1n) is 7.35. The topological polar surface area (TPSA) is 44.4 Å². The molecule has 0 aromatic heterocycles. The van der Waals surface area contributed by atoms with Gasteiger partial charge in [-0.25, -0.2) is 0 Å². The largest absolute Gasteiger partial charge is 0.351 e. The van der Waals surface area contributed by atoms with Crippen molar-refractivity contribution >= 4 is 5.91 Å². The van der Waals surface area contributed by atoms with Gasteiger partial charge < -0.3 is 15.5 Å². The van der Waals surface area contributed by atoms with Crippen molar-refractivity contribution in [3.8, 4) is 0 Å². The number of carbonyl (C=O) groups is 1. The lowest BCUT2D eigenvalue weighted by atomic mass is 9.99. The van der Waals surface area contributed by atoms with Crippen molar-refractivity contribution < 1.29 is 4.79 Å². The molecule has 0 aliphatic carbocycles. The van der Waals surface area contributed by atoms with Crippen LogP contribution in [0.15, 0.2) is 0 Å². The molecular weight excluding hydrogens is 226 g/mol. The predicted octanol–water partition coefficient (Wildman–Crippen LogP) is 1.36. The van der Waals surface area contributed by atoms with E-state index in [-0.39, 0.29) is 18.0 Å². The van der Waals surface area contributed by atoms with Crippen LogP contribution in [0.25, 0.3) is 0 Å². The second-order valence-electron chi connectivity index (χ2n) is 5.45. The van der Waals surface area contributed by atoms with Gasteiger partial charge in [0.2, 0.25) is 5.91 Å². The van der Waals surface area contributed by atoms with Gasteiger partial charge in [0.1, 0.15) is 0 Å². The van der Waals surface area contributed by atoms with Gasteiger partial charge in [-0.2, -0.15) is 0 Å². The van der Waals surface area contributed by atoms with Gasteiger partial charge in [-0.05, 0) is 46.2 Å². The summed E-state index contributed by atoms with van der Waals surface area (Å²) in [7, 11) is 0. The molecule has 1 fully saturated rings. The molecule has 3 unspecified atom stereocenters. The summed E-state index contributed by atoms with van der Waals surface area (Å²) >= 11 is 0. The maximum atomic E-state index is 12.1. The molecule has 106 valence electrons. The predicted molar refractivity (Wildman–Crippen MR) is 75.6 cm³/mol. The van der Waals surface area contributed by atoms with Crippen LogP contribution in [0.5, 0.6) is 0 Å². The molecule has 0 saturated carbocycles. The van der Waals surface area contributed by atoms with Gasteiger partial charge in [-0.1, -0.05) is 13.8 Å². The molecule has 0 bridgehead atoms. The van der Waals surface area contributed by atoms with Gasteiger partial charge in [-0.15, -0.1) is 0 Å². The molecule has 0 spiro atoms. The number of piperidine rings is 1. The summed E-state index contributed by atoms with van der Waals surface area (Å²) in [6.45, 7) is 11.6. The first-order valence-corrected chi connectivity index (χ1v) is 7.35. The van der Waals surface area contributed by atoms with Crippen molar-refractivity contribution in [2.45, 2.75) is 65.1 Å². The fraction of sp³-hybridized carbons (Fsp3) is 0.929. The zero-order valence-corrected chi connectivity index (χ0v) is 12.3. The van der Waals surface area contributed by atoms with E-state index >= 15 is 0 Å². The van der Waals surface area contributed by atoms with Gasteiger partial charge in [0, 0.05) is 18.6 Å². The van der Waals surface area contributed by atoms with Crippen LogP contribution in [0, 0.1) is 0 Å². The first kappa shape index (κ1) is 15.4. The van der Waals surface area contributed by atoms with Crippen molar-refractivity contribution in [1.29, 1.82) is 0 Å². The normalized spacial score (nSPS) is 26.1. The standard InChI is InChI=1S/C14H29N3O/c1-5-17(6-2)10-12(4)16-14(18)13-9-7-8-11(3)15-13/h11-13,15H,5-10H2,1-4H3,(H,16,18). The second-order valence-corrected chi connectivity index (χ2v) is 5.45. The summed E-state index contributed by atoms with van der Waals surface area (Å²) in [5.41, 5.74) is 0. The van der Waals surface area contributed by atoms with Crippen molar-refractivity contribution in [3.05, 3.63) is 0 Å². The molecule has 0 aromatic rings. The summed E-state index contributed by atoms with van der Waals surface area (Å²) in [5.74, 6) is 0.168. The highest BCUT2D eigenvalue weighted by atomic mass is 16.2. The maximum Gasteiger partial charge on any atom is 0.237 e. The van der Waals surface area contributed by atoms with E-state index < -0.39 is 0 Å². The summed E-state index contributed by atoms with van der Waals surface area (Å²) in [6, 6.07) is 0.692. The van der Waals surface area contributed by atoms with Crippen LogP contribution >= 0.6 is 0 Å². The van der Waals surface area contributed by atoms with Crippen molar-refractivity contribution in [3.63, 3.8) is 0 Å². The molecule has 0 aromatic carbocycles. The van der Waals surface area contributed by atoms with Crippen LogP contribution in [-0.2, 0) is 4.79 Å². The third kappa shape index (κ3) is 4.94. The molecule has 2 N–H and O–H groups in total. The minimum absolute atomic E-state index is 0.00732. The highest BCUT2D eigenvalue weighted by Gasteiger charge is 2.25. The minimum Gasteiger partial charge on any atom is -0.351 e. The smallest absolute Gasteiger partial charge is 0.237 e. The summed E-state index contributed by atoms with van der Waals surface area (Å²) in [4.78, 5) is 14.5. The van der Waals surface area contributed by atoms with Crippen LogP contribution in [0.2, 0.25) is 0 Å². The Morgan fingerprint density at radius 1 is 1.39 bits per heavy atom.